The van der Waals surface area contributed by atoms with Gasteiger partial charge in [0.2, 0.25) is 0 Å². The highest BCUT2D eigenvalue weighted by atomic mass is 16.5. The monoisotopic (exact) mass is 310 g/mol. The van der Waals surface area contributed by atoms with Gasteiger partial charge in [0.25, 0.3) is 11.8 Å². The van der Waals surface area contributed by atoms with Crippen LogP contribution in [-0.2, 0) is 19.1 Å². The lowest BCUT2D eigenvalue weighted by Crippen LogP contribution is -2.62. The average molecular weight is 310 g/mol. The van der Waals surface area contributed by atoms with Crippen LogP contribution in [0, 0.1) is 0 Å². The van der Waals surface area contributed by atoms with E-state index in [1.807, 2.05) is 23.6 Å². The molecule has 0 aliphatic carbocycles. The van der Waals surface area contributed by atoms with E-state index in [4.69, 9.17) is 9.47 Å². The first-order chi connectivity index (χ1) is 10.6. The molecule has 0 N–H and O–H groups in total. The van der Waals surface area contributed by atoms with Crippen LogP contribution < -0.4 is 0 Å². The van der Waals surface area contributed by atoms with E-state index in [0.717, 1.165) is 25.7 Å². The van der Waals surface area contributed by atoms with Crippen LogP contribution in [0.4, 0.5) is 0 Å². The van der Waals surface area contributed by atoms with Crippen LogP contribution in [0.2, 0.25) is 0 Å². The number of rotatable bonds is 2. The molecule has 6 heteroatoms. The molecule has 22 heavy (non-hydrogen) atoms. The van der Waals surface area contributed by atoms with Crippen LogP contribution in [-0.4, -0.2) is 72.2 Å². The third-order valence-corrected chi connectivity index (χ3v) is 4.96. The summed E-state index contributed by atoms with van der Waals surface area (Å²) in [6, 6.07) is 0.0523. The summed E-state index contributed by atoms with van der Waals surface area (Å²) < 4.78 is 11.0. The fourth-order valence-electron chi connectivity index (χ4n) is 3.66. The summed E-state index contributed by atoms with van der Waals surface area (Å²) in [6.07, 6.45) is 2.98. The third kappa shape index (κ3) is 2.99. The highest BCUT2D eigenvalue weighted by Gasteiger charge is 2.40. The van der Waals surface area contributed by atoms with E-state index in [1.165, 1.54) is 0 Å². The quantitative estimate of drug-likeness (QED) is 0.757. The first-order valence-electron chi connectivity index (χ1n) is 8.42. The summed E-state index contributed by atoms with van der Waals surface area (Å²) in [4.78, 5) is 28.9. The number of ether oxygens (including phenoxy) is 2. The smallest absolute Gasteiger partial charge is 0.252 e. The lowest BCUT2D eigenvalue weighted by Gasteiger charge is -2.45. The summed E-state index contributed by atoms with van der Waals surface area (Å²) in [7, 11) is 0. The topological polar surface area (TPSA) is 59.1 Å². The second kappa shape index (κ2) is 6.54. The Balaban J connectivity index is 1.63. The molecule has 124 valence electrons. The van der Waals surface area contributed by atoms with Gasteiger partial charge in [0.15, 0.2) is 0 Å². The van der Waals surface area contributed by atoms with Gasteiger partial charge in [-0.3, -0.25) is 9.59 Å². The van der Waals surface area contributed by atoms with Crippen molar-refractivity contribution in [3.8, 4) is 0 Å². The summed E-state index contributed by atoms with van der Waals surface area (Å²) in [5.41, 5.74) is 0. The zero-order valence-corrected chi connectivity index (χ0v) is 13.5. The lowest BCUT2D eigenvalue weighted by molar-refractivity contribution is -0.155. The first-order valence-corrected chi connectivity index (χ1v) is 8.42. The molecule has 0 unspecified atom stereocenters. The second-order valence-electron chi connectivity index (χ2n) is 6.68. The lowest BCUT2D eigenvalue weighted by atomic mass is 10.0. The molecular weight excluding hydrogens is 284 g/mol. The highest BCUT2D eigenvalue weighted by molar-refractivity contribution is 5.84. The average Bonchev–Trinajstić information content (AvgIpc) is 3.20. The molecule has 0 spiro atoms. The summed E-state index contributed by atoms with van der Waals surface area (Å²) in [5.74, 6) is 0.169. The normalized spacial score (nSPS) is 35.9. The van der Waals surface area contributed by atoms with Crippen molar-refractivity contribution in [1.29, 1.82) is 0 Å². The Bertz CT molecular complexity index is 390. The Morgan fingerprint density at radius 2 is 1.23 bits per heavy atom. The number of nitrogens with zero attached hydrogens (tertiary/aromatic N) is 2. The molecular formula is C16H26N2O4. The van der Waals surface area contributed by atoms with Crippen molar-refractivity contribution in [2.24, 2.45) is 0 Å². The highest BCUT2D eigenvalue weighted by Crippen LogP contribution is 2.23. The van der Waals surface area contributed by atoms with Crippen molar-refractivity contribution in [3.63, 3.8) is 0 Å². The van der Waals surface area contributed by atoms with Crippen molar-refractivity contribution in [2.75, 3.05) is 26.3 Å². The fourth-order valence-corrected chi connectivity index (χ4v) is 3.66. The summed E-state index contributed by atoms with van der Waals surface area (Å²) >= 11 is 0. The van der Waals surface area contributed by atoms with E-state index < -0.39 is 0 Å². The van der Waals surface area contributed by atoms with Crippen molar-refractivity contribution < 1.29 is 19.1 Å². The van der Waals surface area contributed by atoms with Crippen molar-refractivity contribution in [3.05, 3.63) is 0 Å². The molecule has 3 rings (SSSR count). The summed E-state index contributed by atoms with van der Waals surface area (Å²) in [5, 5.41) is 0. The standard InChI is InChI=1S/C16H26N2O4/c1-11-9-18(16(20)14-6-4-8-22-14)12(2)10-17(11)15(19)13-5-3-7-21-13/h11-14H,3-10H2,1-2H3/t11-,12+,13-,14+. The van der Waals surface area contributed by atoms with Gasteiger partial charge < -0.3 is 19.3 Å². The largest absolute Gasteiger partial charge is 0.368 e. The SMILES string of the molecule is C[C@@H]1CN(C(=O)[C@@H]2CCCO2)[C@@H](C)CN1C(=O)[C@H]1CCCO1. The van der Waals surface area contributed by atoms with E-state index in [9.17, 15) is 9.59 Å². The predicted molar refractivity (Wildman–Crippen MR) is 80.3 cm³/mol. The number of carbonyl (C=O) groups excluding carboxylic acids is 2. The molecule has 0 radical (unpaired) electrons. The van der Waals surface area contributed by atoms with Crippen LogP contribution >= 0.6 is 0 Å². The van der Waals surface area contributed by atoms with Gasteiger partial charge in [0.1, 0.15) is 12.2 Å². The van der Waals surface area contributed by atoms with Crippen LogP contribution in [0.5, 0.6) is 0 Å². The molecule has 4 atom stereocenters. The van der Waals surface area contributed by atoms with E-state index in [2.05, 4.69) is 0 Å². The number of amides is 2. The molecule has 3 aliphatic heterocycles. The van der Waals surface area contributed by atoms with Gasteiger partial charge in [0.05, 0.1) is 0 Å². The molecule has 6 nitrogen and oxygen atoms in total. The zero-order valence-electron chi connectivity index (χ0n) is 13.5. The number of hydrogen-bond acceptors (Lipinski definition) is 4. The van der Waals surface area contributed by atoms with Crippen molar-refractivity contribution >= 4 is 11.8 Å². The molecule has 0 aromatic carbocycles. The zero-order chi connectivity index (χ0) is 15.7. The maximum atomic E-state index is 12.6. The molecule has 0 aromatic heterocycles. The Kier molecular flexibility index (Phi) is 4.68. The maximum absolute atomic E-state index is 12.6. The Hall–Kier alpha value is -1.14. The molecule has 3 heterocycles. The van der Waals surface area contributed by atoms with E-state index in [-0.39, 0.29) is 36.1 Å². The van der Waals surface area contributed by atoms with Crippen LogP contribution in [0.3, 0.4) is 0 Å². The Morgan fingerprint density at radius 1 is 0.818 bits per heavy atom. The minimum atomic E-state index is -0.282. The molecule has 3 fully saturated rings. The van der Waals surface area contributed by atoms with Crippen LogP contribution in [0.1, 0.15) is 39.5 Å². The molecule has 0 bridgehead atoms. The number of piperazine rings is 1. The van der Waals surface area contributed by atoms with E-state index in [0.29, 0.717) is 26.3 Å². The van der Waals surface area contributed by atoms with Gasteiger partial charge in [-0.15, -0.1) is 0 Å². The Labute approximate surface area is 131 Å². The molecule has 0 aromatic rings. The van der Waals surface area contributed by atoms with E-state index >= 15 is 0 Å². The van der Waals surface area contributed by atoms with Gasteiger partial charge in [-0.05, 0) is 39.5 Å². The van der Waals surface area contributed by atoms with Crippen LogP contribution in [0.15, 0.2) is 0 Å². The summed E-state index contributed by atoms with van der Waals surface area (Å²) in [6.45, 7) is 6.54. The van der Waals surface area contributed by atoms with Gasteiger partial charge in [-0.1, -0.05) is 0 Å². The van der Waals surface area contributed by atoms with Gasteiger partial charge in [-0.2, -0.15) is 0 Å². The van der Waals surface area contributed by atoms with Crippen molar-refractivity contribution in [2.45, 2.75) is 63.8 Å². The number of hydrogen-bond donors (Lipinski definition) is 0. The van der Waals surface area contributed by atoms with Gasteiger partial charge in [-0.25, -0.2) is 0 Å². The molecule has 3 saturated heterocycles. The minimum Gasteiger partial charge on any atom is -0.368 e. The van der Waals surface area contributed by atoms with Gasteiger partial charge in [0, 0.05) is 38.4 Å². The van der Waals surface area contributed by atoms with Crippen LogP contribution in [0.25, 0.3) is 0 Å². The van der Waals surface area contributed by atoms with Crippen molar-refractivity contribution in [1.82, 2.24) is 9.80 Å². The first kappa shape index (κ1) is 15.7. The third-order valence-electron chi connectivity index (χ3n) is 4.96. The van der Waals surface area contributed by atoms with Gasteiger partial charge >= 0.3 is 0 Å². The molecule has 0 saturated carbocycles. The maximum Gasteiger partial charge on any atom is 0.252 e. The minimum absolute atomic E-state index is 0.0262. The second-order valence-corrected chi connectivity index (χ2v) is 6.68. The van der Waals surface area contributed by atoms with E-state index in [1.54, 1.807) is 0 Å². The predicted octanol–water partition coefficient (Wildman–Crippen LogP) is 0.792. The fraction of sp³-hybridized carbons (Fsp3) is 0.875. The molecule has 3 aliphatic rings. The molecule has 2 amide bonds. The number of carbonyl (C=O) groups is 2. The Morgan fingerprint density at radius 3 is 1.55 bits per heavy atom.